The molecule has 130 valence electrons. The third-order valence-corrected chi connectivity index (χ3v) is 3.72. The molecule has 0 fully saturated rings. The highest BCUT2D eigenvalue weighted by atomic mass is 35.5. The minimum Gasteiger partial charge on any atom is -0.497 e. The van der Waals surface area contributed by atoms with Crippen molar-refractivity contribution in [2.75, 3.05) is 20.2 Å². The van der Waals surface area contributed by atoms with Gasteiger partial charge in [-0.05, 0) is 36.2 Å². The number of halogens is 1. The van der Waals surface area contributed by atoms with Gasteiger partial charge in [-0.1, -0.05) is 42.5 Å². The summed E-state index contributed by atoms with van der Waals surface area (Å²) in [6, 6.07) is 17.7. The first-order valence-electron chi connectivity index (χ1n) is 7.87. The summed E-state index contributed by atoms with van der Waals surface area (Å²) in [5, 5.41) is 0. The molecule has 5 heteroatoms. The number of nitrogens with zero attached hydrogens (tertiary/aromatic N) is 1. The molecule has 0 saturated heterocycles. The molecular weight excluding hydrogens is 324 g/mol. The molecule has 0 aliphatic heterocycles. The van der Waals surface area contributed by atoms with Crippen LogP contribution in [0, 0.1) is 0 Å². The van der Waals surface area contributed by atoms with Gasteiger partial charge in [0, 0.05) is 13.1 Å². The fraction of sp³-hybridized carbons (Fsp3) is 0.316. The Hall–Kier alpha value is -2.04. The van der Waals surface area contributed by atoms with Crippen LogP contribution in [0.3, 0.4) is 0 Å². The van der Waals surface area contributed by atoms with E-state index in [1.54, 1.807) is 7.11 Å². The monoisotopic (exact) mass is 348 g/mol. The van der Waals surface area contributed by atoms with Crippen LogP contribution < -0.4 is 10.5 Å². The number of methoxy groups -OCH3 is 1. The maximum Gasteiger partial charge on any atom is 0.227 e. The summed E-state index contributed by atoms with van der Waals surface area (Å²) in [5.74, 6) is 0.915. The molecule has 0 unspecified atom stereocenters. The molecule has 24 heavy (non-hydrogen) atoms. The minimum absolute atomic E-state index is 0. The van der Waals surface area contributed by atoms with Gasteiger partial charge in [-0.25, -0.2) is 0 Å². The normalized spacial score (nSPS) is 9.92. The van der Waals surface area contributed by atoms with Gasteiger partial charge in [-0.3, -0.25) is 4.79 Å². The lowest BCUT2D eigenvalue weighted by Gasteiger charge is -2.23. The summed E-state index contributed by atoms with van der Waals surface area (Å²) in [6.45, 7) is 1.89. The quantitative estimate of drug-likeness (QED) is 0.797. The van der Waals surface area contributed by atoms with E-state index in [-0.39, 0.29) is 18.3 Å². The van der Waals surface area contributed by atoms with E-state index in [0.717, 1.165) is 23.3 Å². The molecule has 1 amide bonds. The molecular formula is C19H25ClN2O2. The van der Waals surface area contributed by atoms with Gasteiger partial charge < -0.3 is 15.4 Å². The maximum atomic E-state index is 12.6. The number of benzene rings is 2. The van der Waals surface area contributed by atoms with Crippen molar-refractivity contribution in [3.05, 3.63) is 65.7 Å². The Bertz CT molecular complexity index is 603. The Morgan fingerprint density at radius 1 is 1.04 bits per heavy atom. The van der Waals surface area contributed by atoms with E-state index < -0.39 is 0 Å². The van der Waals surface area contributed by atoms with Gasteiger partial charge in [0.25, 0.3) is 0 Å². The lowest BCUT2D eigenvalue weighted by atomic mass is 10.1. The van der Waals surface area contributed by atoms with E-state index in [2.05, 4.69) is 0 Å². The van der Waals surface area contributed by atoms with Crippen LogP contribution in [0.1, 0.15) is 17.5 Å². The Morgan fingerprint density at radius 3 is 2.29 bits per heavy atom. The molecule has 0 aliphatic rings. The molecule has 2 aromatic carbocycles. The molecule has 2 aromatic rings. The summed E-state index contributed by atoms with van der Waals surface area (Å²) >= 11 is 0. The average molecular weight is 349 g/mol. The lowest BCUT2D eigenvalue weighted by Crippen LogP contribution is -2.33. The first-order chi connectivity index (χ1) is 11.2. The minimum atomic E-state index is 0. The highest BCUT2D eigenvalue weighted by Gasteiger charge is 2.14. The molecule has 0 saturated carbocycles. The summed E-state index contributed by atoms with van der Waals surface area (Å²) in [6.07, 6.45) is 1.20. The first kappa shape index (κ1) is 20.0. The summed E-state index contributed by atoms with van der Waals surface area (Å²) in [5.41, 5.74) is 7.72. The summed E-state index contributed by atoms with van der Waals surface area (Å²) in [4.78, 5) is 14.5. The van der Waals surface area contributed by atoms with E-state index >= 15 is 0 Å². The van der Waals surface area contributed by atoms with Crippen LogP contribution in [0.2, 0.25) is 0 Å². The smallest absolute Gasteiger partial charge is 0.227 e. The third kappa shape index (κ3) is 6.22. The Kier molecular flexibility index (Phi) is 8.90. The van der Waals surface area contributed by atoms with E-state index in [1.807, 2.05) is 59.5 Å². The third-order valence-electron chi connectivity index (χ3n) is 3.72. The van der Waals surface area contributed by atoms with Crippen molar-refractivity contribution in [1.82, 2.24) is 4.90 Å². The number of amides is 1. The second-order valence-electron chi connectivity index (χ2n) is 5.47. The number of nitrogens with two attached hydrogens (primary N) is 1. The Labute approximate surface area is 150 Å². The number of rotatable bonds is 8. The van der Waals surface area contributed by atoms with Crippen LogP contribution in [0.25, 0.3) is 0 Å². The van der Waals surface area contributed by atoms with Crippen molar-refractivity contribution in [3.8, 4) is 5.75 Å². The molecule has 0 heterocycles. The second-order valence-corrected chi connectivity index (χ2v) is 5.47. The van der Waals surface area contributed by atoms with Crippen molar-refractivity contribution in [1.29, 1.82) is 0 Å². The Morgan fingerprint density at radius 2 is 1.71 bits per heavy atom. The topological polar surface area (TPSA) is 55.6 Å². The van der Waals surface area contributed by atoms with Gasteiger partial charge in [0.1, 0.15) is 5.75 Å². The van der Waals surface area contributed by atoms with Crippen LogP contribution in [0.4, 0.5) is 0 Å². The summed E-state index contributed by atoms with van der Waals surface area (Å²) in [7, 11) is 1.63. The van der Waals surface area contributed by atoms with Crippen LogP contribution in [0.5, 0.6) is 5.75 Å². The zero-order chi connectivity index (χ0) is 16.5. The SMILES string of the molecule is COc1ccc(CC(=O)N(CCCN)Cc2ccccc2)cc1.Cl. The second kappa shape index (κ2) is 10.7. The fourth-order valence-electron chi connectivity index (χ4n) is 2.41. The standard InChI is InChI=1S/C19H24N2O2.ClH/c1-23-18-10-8-16(9-11-18)14-19(22)21(13-5-12-20)15-17-6-3-2-4-7-17;/h2-4,6-11H,5,12-15,20H2,1H3;1H. The van der Waals surface area contributed by atoms with Gasteiger partial charge in [-0.15, -0.1) is 12.4 Å². The van der Waals surface area contributed by atoms with Gasteiger partial charge >= 0.3 is 0 Å². The van der Waals surface area contributed by atoms with Gasteiger partial charge in [-0.2, -0.15) is 0 Å². The van der Waals surface area contributed by atoms with Crippen LogP contribution in [-0.2, 0) is 17.8 Å². The number of carbonyl (C=O) groups excluding carboxylic acids is 1. The first-order valence-corrected chi connectivity index (χ1v) is 7.87. The highest BCUT2D eigenvalue weighted by molar-refractivity contribution is 5.85. The van der Waals surface area contributed by atoms with Gasteiger partial charge in [0.05, 0.1) is 13.5 Å². The van der Waals surface area contributed by atoms with Crippen molar-refractivity contribution in [2.45, 2.75) is 19.4 Å². The lowest BCUT2D eigenvalue weighted by molar-refractivity contribution is -0.131. The van der Waals surface area contributed by atoms with Crippen molar-refractivity contribution >= 4 is 18.3 Å². The predicted molar refractivity (Wildman–Crippen MR) is 99.5 cm³/mol. The van der Waals surface area contributed by atoms with E-state index in [4.69, 9.17) is 10.5 Å². The van der Waals surface area contributed by atoms with Gasteiger partial charge in [0.2, 0.25) is 5.91 Å². The van der Waals surface area contributed by atoms with E-state index in [1.165, 1.54) is 0 Å². The van der Waals surface area contributed by atoms with E-state index in [9.17, 15) is 4.79 Å². The highest BCUT2D eigenvalue weighted by Crippen LogP contribution is 2.13. The average Bonchev–Trinajstić information content (AvgIpc) is 2.60. The van der Waals surface area contributed by atoms with Crippen LogP contribution in [0.15, 0.2) is 54.6 Å². The molecule has 0 radical (unpaired) electrons. The molecule has 0 atom stereocenters. The molecule has 0 aromatic heterocycles. The zero-order valence-electron chi connectivity index (χ0n) is 14.0. The van der Waals surface area contributed by atoms with Gasteiger partial charge in [0.15, 0.2) is 0 Å². The number of hydrogen-bond acceptors (Lipinski definition) is 3. The molecule has 2 N–H and O–H groups in total. The van der Waals surface area contributed by atoms with E-state index in [0.29, 0.717) is 26.1 Å². The predicted octanol–water partition coefficient (Wildman–Crippen LogP) is 3.04. The Balaban J connectivity index is 0.00000288. The number of hydrogen-bond donors (Lipinski definition) is 1. The summed E-state index contributed by atoms with van der Waals surface area (Å²) < 4.78 is 5.14. The van der Waals surface area contributed by atoms with Crippen LogP contribution in [-0.4, -0.2) is 31.0 Å². The maximum absolute atomic E-state index is 12.6. The molecule has 4 nitrogen and oxygen atoms in total. The molecule has 0 spiro atoms. The number of carbonyl (C=O) groups is 1. The zero-order valence-corrected chi connectivity index (χ0v) is 14.8. The molecule has 0 aliphatic carbocycles. The van der Waals surface area contributed by atoms with Crippen molar-refractivity contribution < 1.29 is 9.53 Å². The molecule has 2 rings (SSSR count). The van der Waals surface area contributed by atoms with Crippen molar-refractivity contribution in [2.24, 2.45) is 5.73 Å². The van der Waals surface area contributed by atoms with Crippen LogP contribution >= 0.6 is 12.4 Å². The molecule has 0 bridgehead atoms. The fourth-order valence-corrected chi connectivity index (χ4v) is 2.41. The largest absolute Gasteiger partial charge is 0.497 e. The number of ether oxygens (including phenoxy) is 1. The van der Waals surface area contributed by atoms with Crippen molar-refractivity contribution in [3.63, 3.8) is 0 Å².